The van der Waals surface area contributed by atoms with Gasteiger partial charge in [-0.2, -0.15) is 0 Å². The lowest BCUT2D eigenvalue weighted by molar-refractivity contribution is -0.143. The Kier molecular flexibility index (Phi) is 5.04. The number of likely N-dealkylation sites (tertiary alicyclic amines) is 1. The van der Waals surface area contributed by atoms with Crippen LogP contribution in [-0.4, -0.2) is 35.1 Å². The predicted octanol–water partition coefficient (Wildman–Crippen LogP) is 2.59. The first kappa shape index (κ1) is 14.9. The van der Waals surface area contributed by atoms with Gasteiger partial charge in [-0.1, -0.05) is 18.4 Å². The van der Waals surface area contributed by atoms with E-state index >= 15 is 0 Å². The molecule has 0 aromatic carbocycles. The fraction of sp³-hybridized carbons (Fsp3) is 0.733. The van der Waals surface area contributed by atoms with E-state index in [9.17, 15) is 9.59 Å². The third-order valence-electron chi connectivity index (χ3n) is 4.55. The summed E-state index contributed by atoms with van der Waals surface area (Å²) in [6.07, 6.45) is 7.95. The first-order valence-electron chi connectivity index (χ1n) is 7.53. The molecule has 112 valence electrons. The van der Waals surface area contributed by atoms with Gasteiger partial charge >= 0.3 is 12.0 Å². The lowest BCUT2D eigenvalue weighted by atomic mass is 9.97. The Bertz CT molecular complexity index is 392. The van der Waals surface area contributed by atoms with Gasteiger partial charge in [0.15, 0.2) is 0 Å². The number of piperidine rings is 1. The van der Waals surface area contributed by atoms with Gasteiger partial charge in [0.05, 0.1) is 5.92 Å². The van der Waals surface area contributed by atoms with Crippen LogP contribution in [0.1, 0.15) is 45.4 Å². The van der Waals surface area contributed by atoms with Crippen LogP contribution in [0.2, 0.25) is 0 Å². The number of allylic oxidation sites excluding steroid dienone is 1. The average molecular weight is 280 g/mol. The zero-order valence-electron chi connectivity index (χ0n) is 12.1. The summed E-state index contributed by atoms with van der Waals surface area (Å²) in [4.78, 5) is 24.6. The first-order chi connectivity index (χ1) is 9.58. The maximum Gasteiger partial charge on any atom is 0.321 e. The Morgan fingerprint density at radius 1 is 1.10 bits per heavy atom. The van der Waals surface area contributed by atoms with Crippen LogP contribution in [-0.2, 0) is 4.79 Å². The molecule has 0 bridgehead atoms. The molecule has 0 radical (unpaired) electrons. The lowest BCUT2D eigenvalue weighted by Crippen LogP contribution is -2.44. The summed E-state index contributed by atoms with van der Waals surface area (Å²) in [6.45, 7) is 3.13. The highest BCUT2D eigenvalue weighted by Gasteiger charge is 2.26. The summed E-state index contributed by atoms with van der Waals surface area (Å²) in [5.74, 6) is -0.426. The molecule has 5 heteroatoms. The van der Waals surface area contributed by atoms with E-state index in [0.29, 0.717) is 31.8 Å². The molecule has 2 amide bonds. The van der Waals surface area contributed by atoms with E-state index in [0.717, 1.165) is 0 Å². The average Bonchev–Trinajstić information content (AvgIpc) is 2.98. The predicted molar refractivity (Wildman–Crippen MR) is 76.2 cm³/mol. The number of carboxylic acids is 1. The van der Waals surface area contributed by atoms with Crippen molar-refractivity contribution in [2.75, 3.05) is 13.1 Å². The van der Waals surface area contributed by atoms with Gasteiger partial charge in [-0.05, 0) is 38.5 Å². The standard InChI is InChI=1S/C15H24N2O3/c1-11(12-4-2-3-5-12)10-16-15(20)17-8-6-13(7-9-17)14(18)19/h10,12-13H,2-9H2,1H3,(H,16,20)(H,18,19)/b11-10+. The summed E-state index contributed by atoms with van der Waals surface area (Å²) >= 11 is 0. The SMILES string of the molecule is C/C(=C\NC(=O)N1CCC(C(=O)O)CC1)C1CCCC1. The molecule has 1 saturated carbocycles. The number of hydrogen-bond donors (Lipinski definition) is 2. The molecule has 1 aliphatic heterocycles. The molecule has 0 spiro atoms. The molecule has 1 aliphatic carbocycles. The minimum Gasteiger partial charge on any atom is -0.481 e. The number of hydrogen-bond acceptors (Lipinski definition) is 2. The van der Waals surface area contributed by atoms with Crippen molar-refractivity contribution in [3.63, 3.8) is 0 Å². The minimum absolute atomic E-state index is 0.105. The van der Waals surface area contributed by atoms with Gasteiger partial charge in [-0.15, -0.1) is 0 Å². The van der Waals surface area contributed by atoms with Gasteiger partial charge in [-0.3, -0.25) is 4.79 Å². The molecular weight excluding hydrogens is 256 g/mol. The lowest BCUT2D eigenvalue weighted by Gasteiger charge is -2.29. The number of carboxylic acid groups (broad SMARTS) is 1. The van der Waals surface area contributed by atoms with Crippen molar-refractivity contribution in [3.05, 3.63) is 11.8 Å². The van der Waals surface area contributed by atoms with Crippen LogP contribution in [0.25, 0.3) is 0 Å². The minimum atomic E-state index is -0.748. The van der Waals surface area contributed by atoms with E-state index in [1.165, 1.54) is 31.3 Å². The maximum atomic E-state index is 12.0. The Balaban J connectivity index is 1.78. The molecule has 0 aromatic rings. The summed E-state index contributed by atoms with van der Waals surface area (Å²) in [5, 5.41) is 11.8. The molecule has 0 atom stereocenters. The van der Waals surface area contributed by atoms with Gasteiger partial charge in [0.1, 0.15) is 0 Å². The highest BCUT2D eigenvalue weighted by atomic mass is 16.4. The second kappa shape index (κ2) is 6.77. The largest absolute Gasteiger partial charge is 0.481 e. The van der Waals surface area contributed by atoms with Gasteiger partial charge in [0, 0.05) is 19.3 Å². The van der Waals surface area contributed by atoms with Crippen molar-refractivity contribution in [2.24, 2.45) is 11.8 Å². The van der Waals surface area contributed by atoms with Crippen molar-refractivity contribution >= 4 is 12.0 Å². The number of aliphatic carboxylic acids is 1. The summed E-state index contributed by atoms with van der Waals surface area (Å²) < 4.78 is 0. The quantitative estimate of drug-likeness (QED) is 0.834. The third kappa shape index (κ3) is 3.74. The maximum absolute atomic E-state index is 12.0. The van der Waals surface area contributed by atoms with Crippen LogP contribution in [0.5, 0.6) is 0 Å². The number of amides is 2. The molecule has 5 nitrogen and oxygen atoms in total. The van der Waals surface area contributed by atoms with Gasteiger partial charge in [-0.25, -0.2) is 4.79 Å². The molecule has 0 aromatic heterocycles. The highest BCUT2D eigenvalue weighted by molar-refractivity contribution is 5.76. The number of urea groups is 1. The van der Waals surface area contributed by atoms with Crippen LogP contribution in [0.15, 0.2) is 11.8 Å². The number of nitrogens with one attached hydrogen (secondary N) is 1. The second-order valence-corrected chi connectivity index (χ2v) is 5.92. The number of carbonyl (C=O) groups is 2. The van der Waals surface area contributed by atoms with Crippen molar-refractivity contribution in [2.45, 2.75) is 45.4 Å². The molecule has 20 heavy (non-hydrogen) atoms. The van der Waals surface area contributed by atoms with Crippen LogP contribution < -0.4 is 5.32 Å². The topological polar surface area (TPSA) is 69.6 Å². The zero-order valence-corrected chi connectivity index (χ0v) is 12.1. The number of carbonyl (C=O) groups excluding carboxylic acids is 1. The third-order valence-corrected chi connectivity index (χ3v) is 4.55. The summed E-state index contributed by atoms with van der Waals surface area (Å²) in [5.41, 5.74) is 1.25. The fourth-order valence-corrected chi connectivity index (χ4v) is 3.10. The van der Waals surface area contributed by atoms with E-state index < -0.39 is 5.97 Å². The zero-order chi connectivity index (χ0) is 14.5. The Morgan fingerprint density at radius 3 is 2.25 bits per heavy atom. The number of rotatable bonds is 3. The summed E-state index contributed by atoms with van der Waals surface area (Å²) in [6, 6.07) is -0.105. The van der Waals surface area contributed by atoms with E-state index in [1.54, 1.807) is 4.90 Å². The first-order valence-corrected chi connectivity index (χ1v) is 7.53. The van der Waals surface area contributed by atoms with E-state index in [2.05, 4.69) is 12.2 Å². The molecule has 0 unspecified atom stereocenters. The Hall–Kier alpha value is -1.52. The van der Waals surface area contributed by atoms with Gasteiger partial charge < -0.3 is 15.3 Å². The van der Waals surface area contributed by atoms with Crippen molar-refractivity contribution in [1.29, 1.82) is 0 Å². The van der Waals surface area contributed by atoms with Crippen molar-refractivity contribution in [1.82, 2.24) is 10.2 Å². The van der Waals surface area contributed by atoms with Gasteiger partial charge in [0.25, 0.3) is 0 Å². The molecule has 2 rings (SSSR count). The molecular formula is C15H24N2O3. The van der Waals surface area contributed by atoms with Crippen LogP contribution in [0.4, 0.5) is 4.79 Å². The van der Waals surface area contributed by atoms with Crippen molar-refractivity contribution < 1.29 is 14.7 Å². The normalized spacial score (nSPS) is 22.1. The van der Waals surface area contributed by atoms with Crippen molar-refractivity contribution in [3.8, 4) is 0 Å². The van der Waals surface area contributed by atoms with E-state index in [1.807, 2.05) is 6.20 Å². The molecule has 1 saturated heterocycles. The Labute approximate surface area is 120 Å². The van der Waals surface area contributed by atoms with Gasteiger partial charge in [0.2, 0.25) is 0 Å². The highest BCUT2D eigenvalue weighted by Crippen LogP contribution is 2.30. The van der Waals surface area contributed by atoms with E-state index in [-0.39, 0.29) is 11.9 Å². The van der Waals surface area contributed by atoms with E-state index in [4.69, 9.17) is 5.11 Å². The monoisotopic (exact) mass is 280 g/mol. The number of nitrogens with zero attached hydrogens (tertiary/aromatic N) is 1. The molecule has 2 aliphatic rings. The summed E-state index contributed by atoms with van der Waals surface area (Å²) in [7, 11) is 0. The smallest absolute Gasteiger partial charge is 0.321 e. The van der Waals surface area contributed by atoms with Crippen LogP contribution >= 0.6 is 0 Å². The molecule has 2 fully saturated rings. The van der Waals surface area contributed by atoms with Crippen LogP contribution in [0.3, 0.4) is 0 Å². The molecule has 1 heterocycles. The fourth-order valence-electron chi connectivity index (χ4n) is 3.10. The molecule has 2 N–H and O–H groups in total. The van der Waals surface area contributed by atoms with Crippen LogP contribution in [0, 0.1) is 11.8 Å². The Morgan fingerprint density at radius 2 is 1.70 bits per heavy atom. The second-order valence-electron chi connectivity index (χ2n) is 5.92.